The van der Waals surface area contributed by atoms with Crippen LogP contribution in [0.3, 0.4) is 0 Å². The first-order valence-electron chi connectivity index (χ1n) is 6.67. The number of carboxylic acid groups (broad SMARTS) is 1. The first kappa shape index (κ1) is 13.3. The Bertz CT molecular complexity index is 708. The van der Waals surface area contributed by atoms with Crippen LogP contribution in [0, 0.1) is 0 Å². The normalized spacial score (nSPS) is 13.0. The maximum Gasteiger partial charge on any atom is 0.325 e. The quantitative estimate of drug-likeness (QED) is 0.877. The van der Waals surface area contributed by atoms with E-state index in [1.807, 2.05) is 18.2 Å². The summed E-state index contributed by atoms with van der Waals surface area (Å²) in [5, 5.41) is 18.7. The Morgan fingerprint density at radius 3 is 2.90 bits per heavy atom. The summed E-state index contributed by atoms with van der Waals surface area (Å²) in [6.07, 6.45) is 4.59. The minimum atomic E-state index is -1.04. The number of amides is 1. The van der Waals surface area contributed by atoms with Gasteiger partial charge in [0.25, 0.3) is 5.91 Å². The van der Waals surface area contributed by atoms with E-state index in [1.54, 1.807) is 0 Å². The average molecular weight is 286 g/mol. The Morgan fingerprint density at radius 1 is 1.29 bits per heavy atom. The highest BCUT2D eigenvalue weighted by molar-refractivity contribution is 6.02. The second-order valence-corrected chi connectivity index (χ2v) is 4.99. The van der Waals surface area contributed by atoms with Gasteiger partial charge in [-0.05, 0) is 42.5 Å². The Balaban J connectivity index is 1.71. The maximum absolute atomic E-state index is 12.0. The van der Waals surface area contributed by atoms with E-state index < -0.39 is 11.9 Å². The fourth-order valence-corrected chi connectivity index (χ4v) is 2.46. The molecule has 7 heteroatoms. The number of aliphatic carboxylic acids is 1. The molecule has 1 aromatic carbocycles. The third-order valence-corrected chi connectivity index (χ3v) is 3.42. The number of rotatable bonds is 4. The van der Waals surface area contributed by atoms with Crippen LogP contribution in [0.1, 0.15) is 28.0 Å². The van der Waals surface area contributed by atoms with Gasteiger partial charge in [0.15, 0.2) is 5.69 Å². The minimum Gasteiger partial charge on any atom is -0.480 e. The first-order chi connectivity index (χ1) is 10.1. The van der Waals surface area contributed by atoms with Crippen LogP contribution < -0.4 is 5.32 Å². The van der Waals surface area contributed by atoms with Crippen molar-refractivity contribution in [1.29, 1.82) is 0 Å². The van der Waals surface area contributed by atoms with Crippen molar-refractivity contribution in [3.05, 3.63) is 41.2 Å². The smallest absolute Gasteiger partial charge is 0.325 e. The van der Waals surface area contributed by atoms with Gasteiger partial charge in [0.1, 0.15) is 6.54 Å². The molecular formula is C14H14N4O3. The SMILES string of the molecule is O=C(O)Cn1cc(C(=O)Nc2ccc3c(c2)CCC3)nn1. The Kier molecular flexibility index (Phi) is 3.39. The van der Waals surface area contributed by atoms with E-state index in [0.717, 1.165) is 23.9 Å². The molecule has 1 aromatic heterocycles. The third-order valence-electron chi connectivity index (χ3n) is 3.42. The highest BCUT2D eigenvalue weighted by Crippen LogP contribution is 2.25. The van der Waals surface area contributed by atoms with Gasteiger partial charge in [-0.1, -0.05) is 11.3 Å². The molecule has 0 aliphatic heterocycles. The Morgan fingerprint density at radius 2 is 2.10 bits per heavy atom. The number of nitrogens with zero attached hydrogens (tertiary/aromatic N) is 3. The van der Waals surface area contributed by atoms with Gasteiger partial charge in [0, 0.05) is 5.69 Å². The molecule has 1 aliphatic rings. The van der Waals surface area contributed by atoms with Crippen molar-refractivity contribution < 1.29 is 14.7 Å². The largest absolute Gasteiger partial charge is 0.480 e. The fraction of sp³-hybridized carbons (Fsp3) is 0.286. The number of carbonyl (C=O) groups excluding carboxylic acids is 1. The van der Waals surface area contributed by atoms with Crippen LogP contribution in [0.2, 0.25) is 0 Å². The number of carboxylic acids is 1. The van der Waals surface area contributed by atoms with Gasteiger partial charge in [0.05, 0.1) is 6.20 Å². The van der Waals surface area contributed by atoms with E-state index in [2.05, 4.69) is 15.6 Å². The van der Waals surface area contributed by atoms with Gasteiger partial charge in [-0.3, -0.25) is 9.59 Å². The predicted molar refractivity (Wildman–Crippen MR) is 74.1 cm³/mol. The van der Waals surface area contributed by atoms with E-state index in [4.69, 9.17) is 5.11 Å². The lowest BCUT2D eigenvalue weighted by atomic mass is 10.1. The van der Waals surface area contributed by atoms with Crippen LogP contribution in [0.4, 0.5) is 5.69 Å². The van der Waals surface area contributed by atoms with E-state index >= 15 is 0 Å². The van der Waals surface area contributed by atoms with Crippen molar-refractivity contribution in [3.63, 3.8) is 0 Å². The molecule has 21 heavy (non-hydrogen) atoms. The molecule has 0 atom stereocenters. The van der Waals surface area contributed by atoms with E-state index in [0.29, 0.717) is 5.69 Å². The monoisotopic (exact) mass is 286 g/mol. The molecule has 0 saturated heterocycles. The molecule has 0 unspecified atom stereocenters. The number of aromatic nitrogens is 3. The third kappa shape index (κ3) is 2.91. The van der Waals surface area contributed by atoms with Gasteiger partial charge in [-0.15, -0.1) is 5.10 Å². The molecule has 7 nitrogen and oxygen atoms in total. The fourth-order valence-electron chi connectivity index (χ4n) is 2.46. The molecule has 1 aliphatic carbocycles. The lowest BCUT2D eigenvalue weighted by molar-refractivity contribution is -0.137. The van der Waals surface area contributed by atoms with E-state index in [-0.39, 0.29) is 12.2 Å². The number of carbonyl (C=O) groups is 2. The summed E-state index contributed by atoms with van der Waals surface area (Å²) in [5.41, 5.74) is 3.41. The van der Waals surface area contributed by atoms with Gasteiger partial charge in [-0.2, -0.15) is 0 Å². The summed E-state index contributed by atoms with van der Waals surface area (Å²) in [6.45, 7) is -0.320. The minimum absolute atomic E-state index is 0.0942. The molecule has 1 heterocycles. The van der Waals surface area contributed by atoms with Crippen LogP contribution in [0.25, 0.3) is 0 Å². The maximum atomic E-state index is 12.0. The van der Waals surface area contributed by atoms with Crippen molar-refractivity contribution in [1.82, 2.24) is 15.0 Å². The summed E-state index contributed by atoms with van der Waals surface area (Å²) in [7, 11) is 0. The first-order valence-corrected chi connectivity index (χ1v) is 6.67. The molecule has 1 amide bonds. The van der Waals surface area contributed by atoms with Crippen molar-refractivity contribution in [2.24, 2.45) is 0 Å². The predicted octanol–water partition coefficient (Wildman–Crippen LogP) is 1.10. The zero-order valence-corrected chi connectivity index (χ0v) is 11.2. The summed E-state index contributed by atoms with van der Waals surface area (Å²) in [6, 6.07) is 5.87. The van der Waals surface area contributed by atoms with Crippen LogP contribution in [-0.4, -0.2) is 32.0 Å². The Hall–Kier alpha value is -2.70. The van der Waals surface area contributed by atoms with Crippen LogP contribution in [-0.2, 0) is 24.2 Å². The van der Waals surface area contributed by atoms with Gasteiger partial charge in [-0.25, -0.2) is 4.68 Å². The summed E-state index contributed by atoms with van der Waals surface area (Å²) in [4.78, 5) is 22.6. The molecule has 0 radical (unpaired) electrons. The Labute approximate surface area is 120 Å². The number of benzene rings is 1. The van der Waals surface area contributed by atoms with Crippen molar-refractivity contribution in [3.8, 4) is 0 Å². The van der Waals surface area contributed by atoms with Gasteiger partial charge in [0.2, 0.25) is 0 Å². The molecule has 0 saturated carbocycles. The number of hydrogen-bond donors (Lipinski definition) is 2. The molecule has 0 fully saturated rings. The van der Waals surface area contributed by atoms with E-state index in [1.165, 1.54) is 17.3 Å². The number of hydrogen-bond acceptors (Lipinski definition) is 4. The zero-order chi connectivity index (χ0) is 14.8. The zero-order valence-electron chi connectivity index (χ0n) is 11.2. The lowest BCUT2D eigenvalue weighted by Crippen LogP contribution is -2.13. The van der Waals surface area contributed by atoms with Crippen LogP contribution in [0.5, 0.6) is 0 Å². The summed E-state index contributed by atoms with van der Waals surface area (Å²) in [5.74, 6) is -1.44. The van der Waals surface area contributed by atoms with Crippen molar-refractivity contribution in [2.45, 2.75) is 25.8 Å². The van der Waals surface area contributed by atoms with Crippen LogP contribution >= 0.6 is 0 Å². The highest BCUT2D eigenvalue weighted by atomic mass is 16.4. The number of aryl methyl sites for hydroxylation is 2. The molecule has 2 N–H and O–H groups in total. The molecule has 3 rings (SSSR count). The number of fused-ring (bicyclic) bond motifs is 1. The molecular weight excluding hydrogens is 272 g/mol. The molecule has 0 bridgehead atoms. The lowest BCUT2D eigenvalue weighted by Gasteiger charge is -2.05. The topological polar surface area (TPSA) is 97.1 Å². The second-order valence-electron chi connectivity index (χ2n) is 4.99. The van der Waals surface area contributed by atoms with Gasteiger partial charge < -0.3 is 10.4 Å². The standard InChI is InChI=1S/C14H14N4O3/c19-13(20)8-18-7-12(16-17-18)14(21)15-11-5-4-9-2-1-3-10(9)6-11/h4-7H,1-3,8H2,(H,15,21)(H,19,20). The average Bonchev–Trinajstić information content (AvgIpc) is 3.06. The molecule has 108 valence electrons. The van der Waals surface area contributed by atoms with Crippen LogP contribution in [0.15, 0.2) is 24.4 Å². The van der Waals surface area contributed by atoms with Gasteiger partial charge >= 0.3 is 5.97 Å². The van der Waals surface area contributed by atoms with E-state index in [9.17, 15) is 9.59 Å². The second kappa shape index (κ2) is 5.35. The number of anilines is 1. The molecule has 2 aromatic rings. The number of nitrogens with one attached hydrogen (secondary N) is 1. The summed E-state index contributed by atoms with van der Waals surface area (Å²) >= 11 is 0. The summed E-state index contributed by atoms with van der Waals surface area (Å²) < 4.78 is 1.11. The van der Waals surface area contributed by atoms with Crippen molar-refractivity contribution in [2.75, 3.05) is 5.32 Å². The molecule has 0 spiro atoms. The van der Waals surface area contributed by atoms with Crippen molar-refractivity contribution >= 4 is 17.6 Å². The highest BCUT2D eigenvalue weighted by Gasteiger charge is 2.15.